The molecule has 304 valence electrons. The van der Waals surface area contributed by atoms with E-state index < -0.39 is 63.2 Å². The highest BCUT2D eigenvalue weighted by atomic mass is 31.2. The van der Waals surface area contributed by atoms with Crippen LogP contribution >= 0.6 is 7.82 Å². The number of hydrogen-bond donors (Lipinski definition) is 8. The van der Waals surface area contributed by atoms with Crippen molar-refractivity contribution in [3.63, 3.8) is 0 Å². The number of nitrogens with one attached hydrogen (secondary N) is 1. The first-order valence-electron chi connectivity index (χ1n) is 20.2. The van der Waals surface area contributed by atoms with E-state index in [1.165, 1.54) is 77.0 Å². The van der Waals surface area contributed by atoms with Crippen molar-refractivity contribution in [2.24, 2.45) is 11.8 Å². The summed E-state index contributed by atoms with van der Waals surface area (Å²) in [5.41, 5.74) is 0. The Morgan fingerprint density at radius 1 is 0.588 bits per heavy atom. The summed E-state index contributed by atoms with van der Waals surface area (Å²) in [6.45, 7) is 8.42. The van der Waals surface area contributed by atoms with Gasteiger partial charge >= 0.3 is 7.82 Å². The normalized spacial score (nSPS) is 24.9. The summed E-state index contributed by atoms with van der Waals surface area (Å²) in [5, 5.41) is 63.8. The lowest BCUT2D eigenvalue weighted by Gasteiger charge is -2.41. The standard InChI is InChI=1S/C38H76NO11P/c1-28(2)23-19-15-11-7-5-9-13-17-21-25-31(40)30(39-32(41)26-22-18-14-10-6-8-12-16-20-24-29(3)4)27-49-51(47,48)50-38-36(45)34(43)33(42)35(44)37(38)46/h28-31,33-38,40,42-46H,5-27H2,1-4H3,(H,39,41)(H,47,48)/t30?,31?,33?,34-,35+,36-,37-,38?/m1/s1. The molecule has 13 heteroatoms. The van der Waals surface area contributed by atoms with E-state index >= 15 is 0 Å². The van der Waals surface area contributed by atoms with Crippen LogP contribution in [0.25, 0.3) is 0 Å². The van der Waals surface area contributed by atoms with Gasteiger partial charge in [0, 0.05) is 6.42 Å². The molecule has 0 aromatic heterocycles. The van der Waals surface area contributed by atoms with Crippen LogP contribution < -0.4 is 5.32 Å². The Bertz CT molecular complexity index is 910. The lowest BCUT2D eigenvalue weighted by molar-refractivity contribution is -0.220. The van der Waals surface area contributed by atoms with E-state index in [0.717, 1.165) is 50.4 Å². The number of rotatable bonds is 31. The molecule has 0 aromatic rings. The summed E-state index contributed by atoms with van der Waals surface area (Å²) in [4.78, 5) is 23.3. The Hall–Kier alpha value is -0.660. The van der Waals surface area contributed by atoms with Crippen LogP contribution in [-0.4, -0.2) is 96.8 Å². The first-order valence-corrected chi connectivity index (χ1v) is 21.7. The largest absolute Gasteiger partial charge is 0.472 e. The summed E-state index contributed by atoms with van der Waals surface area (Å²) in [6.07, 6.45) is 10.3. The molecule has 0 heterocycles. The number of aliphatic hydroxyl groups excluding tert-OH is 6. The summed E-state index contributed by atoms with van der Waals surface area (Å²) >= 11 is 0. The Kier molecular flexibility index (Phi) is 26.4. The van der Waals surface area contributed by atoms with Crippen LogP contribution in [0.2, 0.25) is 0 Å². The molecule has 8 N–H and O–H groups in total. The Labute approximate surface area is 308 Å². The predicted octanol–water partition coefficient (Wildman–Crippen LogP) is 6.05. The third kappa shape index (κ3) is 22.3. The van der Waals surface area contributed by atoms with Crippen LogP contribution in [-0.2, 0) is 18.4 Å². The highest BCUT2D eigenvalue weighted by molar-refractivity contribution is 7.47. The van der Waals surface area contributed by atoms with Gasteiger partial charge in [0.15, 0.2) is 0 Å². The molecule has 12 nitrogen and oxygen atoms in total. The maximum Gasteiger partial charge on any atom is 0.472 e. The molecule has 1 rings (SSSR count). The number of amides is 1. The molecule has 1 fully saturated rings. The minimum Gasteiger partial charge on any atom is -0.391 e. The minimum atomic E-state index is -5.04. The second kappa shape index (κ2) is 27.9. The van der Waals surface area contributed by atoms with Crippen molar-refractivity contribution in [2.45, 2.75) is 218 Å². The lowest BCUT2D eigenvalue weighted by Crippen LogP contribution is -2.64. The van der Waals surface area contributed by atoms with Crippen LogP contribution in [0.3, 0.4) is 0 Å². The van der Waals surface area contributed by atoms with Gasteiger partial charge in [0.1, 0.15) is 36.6 Å². The minimum absolute atomic E-state index is 0.238. The molecule has 51 heavy (non-hydrogen) atoms. The van der Waals surface area contributed by atoms with Gasteiger partial charge < -0.3 is 40.8 Å². The van der Waals surface area contributed by atoms with Gasteiger partial charge in [0.25, 0.3) is 0 Å². The van der Waals surface area contributed by atoms with Crippen LogP contribution in [0.4, 0.5) is 0 Å². The van der Waals surface area contributed by atoms with E-state index in [2.05, 4.69) is 33.0 Å². The summed E-state index contributed by atoms with van der Waals surface area (Å²) in [6, 6.07) is -1.03. The number of carbonyl (C=O) groups is 1. The van der Waals surface area contributed by atoms with Crippen LogP contribution in [0.5, 0.6) is 0 Å². The van der Waals surface area contributed by atoms with Gasteiger partial charge in [0.05, 0.1) is 18.8 Å². The van der Waals surface area contributed by atoms with Gasteiger partial charge in [-0.25, -0.2) is 4.57 Å². The van der Waals surface area contributed by atoms with Crippen molar-refractivity contribution in [3.05, 3.63) is 0 Å². The van der Waals surface area contributed by atoms with Crippen LogP contribution in [0.1, 0.15) is 169 Å². The van der Waals surface area contributed by atoms with Crippen molar-refractivity contribution >= 4 is 13.7 Å². The average Bonchev–Trinajstić information content (AvgIpc) is 3.07. The first-order chi connectivity index (χ1) is 24.2. The van der Waals surface area contributed by atoms with Crippen molar-refractivity contribution in [2.75, 3.05) is 6.61 Å². The average molecular weight is 754 g/mol. The molecule has 1 saturated carbocycles. The smallest absolute Gasteiger partial charge is 0.391 e. The third-order valence-corrected chi connectivity index (χ3v) is 11.0. The van der Waals surface area contributed by atoms with Crippen molar-refractivity contribution < 1.29 is 53.9 Å². The number of unbranched alkanes of at least 4 members (excludes halogenated alkanes) is 16. The second-order valence-corrected chi connectivity index (χ2v) is 17.2. The van der Waals surface area contributed by atoms with Gasteiger partial charge in [-0.15, -0.1) is 0 Å². The van der Waals surface area contributed by atoms with Crippen molar-refractivity contribution in [3.8, 4) is 0 Å². The van der Waals surface area contributed by atoms with E-state index in [1.54, 1.807) is 0 Å². The molecule has 1 aliphatic rings. The molecule has 0 spiro atoms. The van der Waals surface area contributed by atoms with Crippen molar-refractivity contribution in [1.82, 2.24) is 5.32 Å². The fraction of sp³-hybridized carbons (Fsp3) is 0.974. The summed E-state index contributed by atoms with van der Waals surface area (Å²) in [5.74, 6) is 1.20. The Morgan fingerprint density at radius 2 is 0.941 bits per heavy atom. The molecule has 9 atom stereocenters. The molecule has 0 aliphatic heterocycles. The Balaban J connectivity index is 2.56. The maximum atomic E-state index is 12.9. The van der Waals surface area contributed by atoms with Gasteiger partial charge in [-0.2, -0.15) is 0 Å². The molecule has 1 amide bonds. The highest BCUT2D eigenvalue weighted by Crippen LogP contribution is 2.47. The molecular formula is C38H76NO11P. The SMILES string of the molecule is CC(C)CCCCCCCCCCCC(=O)NC(COP(=O)(O)OC1[C@H](O)[C@H](O)C(O)[C@H](O)[C@H]1O)C(O)CCCCCCCCCCCC(C)C. The van der Waals surface area contributed by atoms with Crippen LogP contribution in [0, 0.1) is 11.8 Å². The van der Waals surface area contributed by atoms with E-state index in [-0.39, 0.29) is 12.3 Å². The predicted molar refractivity (Wildman–Crippen MR) is 200 cm³/mol. The second-order valence-electron chi connectivity index (χ2n) is 15.8. The topological polar surface area (TPSA) is 206 Å². The monoisotopic (exact) mass is 754 g/mol. The van der Waals surface area contributed by atoms with E-state index in [1.807, 2.05) is 0 Å². The Morgan fingerprint density at radius 3 is 1.35 bits per heavy atom. The number of hydrogen-bond acceptors (Lipinski definition) is 10. The molecular weight excluding hydrogens is 677 g/mol. The number of phosphoric acid groups is 1. The lowest BCUT2D eigenvalue weighted by atomic mass is 9.85. The molecule has 0 bridgehead atoms. The number of phosphoric ester groups is 1. The fourth-order valence-corrected chi connectivity index (χ4v) is 7.60. The van der Waals surface area contributed by atoms with Gasteiger partial charge in [-0.3, -0.25) is 13.8 Å². The fourth-order valence-electron chi connectivity index (χ4n) is 6.63. The zero-order valence-corrected chi connectivity index (χ0v) is 33.1. The molecule has 0 saturated heterocycles. The van der Waals surface area contributed by atoms with Gasteiger partial charge in [-0.1, -0.05) is 150 Å². The van der Waals surface area contributed by atoms with Gasteiger partial charge in [0.2, 0.25) is 5.91 Å². The summed E-state index contributed by atoms with van der Waals surface area (Å²) in [7, 11) is -5.04. The zero-order valence-electron chi connectivity index (χ0n) is 32.2. The van der Waals surface area contributed by atoms with E-state index in [4.69, 9.17) is 9.05 Å². The van der Waals surface area contributed by atoms with E-state index in [0.29, 0.717) is 19.3 Å². The molecule has 0 aromatic carbocycles. The number of aliphatic hydroxyl groups is 6. The maximum absolute atomic E-state index is 12.9. The first kappa shape index (κ1) is 48.4. The van der Waals surface area contributed by atoms with Crippen LogP contribution in [0.15, 0.2) is 0 Å². The quantitative estimate of drug-likeness (QED) is 0.0302. The zero-order chi connectivity index (χ0) is 38.2. The molecule has 0 radical (unpaired) electrons. The van der Waals surface area contributed by atoms with E-state index in [9.17, 15) is 44.9 Å². The highest BCUT2D eigenvalue weighted by Gasteiger charge is 2.51. The number of carbonyl (C=O) groups excluding carboxylic acids is 1. The molecule has 5 unspecified atom stereocenters. The van der Waals surface area contributed by atoms with Gasteiger partial charge in [-0.05, 0) is 24.7 Å². The van der Waals surface area contributed by atoms with Crippen molar-refractivity contribution in [1.29, 1.82) is 0 Å². The third-order valence-electron chi connectivity index (χ3n) is 10.0. The summed E-state index contributed by atoms with van der Waals surface area (Å²) < 4.78 is 22.8. The molecule has 1 aliphatic carbocycles.